The monoisotopic (exact) mass is 578 g/mol. The van der Waals surface area contributed by atoms with Crippen LogP contribution in [0.25, 0.3) is 0 Å². The number of hydrogen-bond acceptors (Lipinski definition) is 3. The second kappa shape index (κ2) is 9.13. The number of alkyl halides is 3. The maximum Gasteiger partial charge on any atom is 0.435 e. The molecule has 2 aromatic rings. The molecule has 0 aromatic heterocycles. The largest absolute Gasteiger partial charge is 0.435 e. The van der Waals surface area contributed by atoms with Gasteiger partial charge in [-0.3, -0.25) is 4.79 Å². The van der Waals surface area contributed by atoms with Crippen molar-refractivity contribution in [2.24, 2.45) is 5.16 Å². The third-order valence-corrected chi connectivity index (χ3v) is 6.73. The summed E-state index contributed by atoms with van der Waals surface area (Å²) in [5.41, 5.74) is -1.57. The molecule has 2 aromatic carbocycles. The first kappa shape index (κ1) is 24.7. The molecule has 1 heterocycles. The topological polar surface area (TPSA) is 41.9 Å². The summed E-state index contributed by atoms with van der Waals surface area (Å²) in [6, 6.07) is 8.75. The van der Waals surface area contributed by atoms with Crippen LogP contribution < -0.4 is 0 Å². The summed E-state index contributed by atoms with van der Waals surface area (Å²) in [6.07, 6.45) is -5.36. The van der Waals surface area contributed by atoms with Gasteiger partial charge in [-0.2, -0.15) is 13.2 Å². The molecule has 3 rings (SSSR count). The Kier molecular flexibility index (Phi) is 7.05. The minimum atomic E-state index is -4.80. The lowest BCUT2D eigenvalue weighted by Gasteiger charge is -2.30. The number of amides is 1. The molecule has 0 aliphatic carbocycles. The van der Waals surface area contributed by atoms with Crippen LogP contribution in [0, 0.1) is 5.82 Å². The zero-order chi connectivity index (χ0) is 23.8. The normalized spacial score (nSPS) is 19.3. The fourth-order valence-electron chi connectivity index (χ4n) is 3.75. The number of carbonyl (C=O) groups excluding carboxylic acids is 1. The number of oxime groups is 1. The predicted octanol–water partition coefficient (Wildman–Crippen LogP) is 6.86. The first-order chi connectivity index (χ1) is 14.9. The maximum atomic E-state index is 14.2. The molecule has 0 radical (unpaired) electrons. The molecule has 0 spiro atoms. The van der Waals surface area contributed by atoms with E-state index < -0.39 is 24.0 Å². The maximum absolute atomic E-state index is 14.2. The smallest absolute Gasteiger partial charge is 0.374 e. The summed E-state index contributed by atoms with van der Waals surface area (Å²) >= 11 is 5.90. The number of rotatable bonds is 5. The van der Waals surface area contributed by atoms with Gasteiger partial charge in [-0.05, 0) is 69.0 Å². The van der Waals surface area contributed by atoms with Crippen LogP contribution in [0.1, 0.15) is 49.9 Å². The number of hydrogen-bond donors (Lipinski definition) is 0. The standard InChI is InChI=1S/C22H20Br2F4N2O2/c1-4-30(13(3)31)12(2)14-5-7-15(8-6-14)19-11-21(32-29-19,22(26,27)28)16-9-17(23)20(25)18(24)10-16/h5-10,12H,4,11H2,1-3H3. The zero-order valence-electron chi connectivity index (χ0n) is 17.4. The fraction of sp³-hybridized carbons (Fsp3) is 0.364. The molecule has 4 nitrogen and oxygen atoms in total. The number of carbonyl (C=O) groups is 1. The van der Waals surface area contributed by atoms with Crippen molar-refractivity contribution >= 4 is 43.5 Å². The third-order valence-electron chi connectivity index (χ3n) is 5.58. The number of halogens is 6. The van der Waals surface area contributed by atoms with Crippen molar-refractivity contribution in [2.45, 2.75) is 45.0 Å². The van der Waals surface area contributed by atoms with Crippen LogP contribution in [0.3, 0.4) is 0 Å². The molecule has 0 saturated carbocycles. The average Bonchev–Trinajstić information content (AvgIpc) is 3.19. The summed E-state index contributed by atoms with van der Waals surface area (Å²) in [6.45, 7) is 5.78. The van der Waals surface area contributed by atoms with Crippen LogP contribution in [0.2, 0.25) is 0 Å². The molecule has 32 heavy (non-hydrogen) atoms. The summed E-state index contributed by atoms with van der Waals surface area (Å²) in [4.78, 5) is 18.5. The molecule has 10 heteroatoms. The highest BCUT2D eigenvalue weighted by Gasteiger charge is 2.62. The molecule has 0 bridgehead atoms. The van der Waals surface area contributed by atoms with Crippen molar-refractivity contribution in [2.75, 3.05) is 6.54 Å². The molecule has 2 unspecified atom stereocenters. The van der Waals surface area contributed by atoms with Gasteiger partial charge in [0, 0.05) is 25.5 Å². The molecule has 2 atom stereocenters. The van der Waals surface area contributed by atoms with Gasteiger partial charge in [0.25, 0.3) is 5.60 Å². The van der Waals surface area contributed by atoms with Crippen molar-refractivity contribution in [1.29, 1.82) is 0 Å². The van der Waals surface area contributed by atoms with E-state index in [2.05, 4.69) is 37.0 Å². The van der Waals surface area contributed by atoms with Gasteiger partial charge in [0.05, 0.1) is 20.7 Å². The first-order valence-electron chi connectivity index (χ1n) is 9.75. The van der Waals surface area contributed by atoms with Gasteiger partial charge >= 0.3 is 6.18 Å². The Bertz CT molecular complexity index is 1030. The highest BCUT2D eigenvalue weighted by molar-refractivity contribution is 9.11. The van der Waals surface area contributed by atoms with Crippen LogP contribution in [-0.4, -0.2) is 29.2 Å². The summed E-state index contributed by atoms with van der Waals surface area (Å²) in [5.74, 6) is -0.772. The first-order valence-corrected chi connectivity index (χ1v) is 11.3. The van der Waals surface area contributed by atoms with Gasteiger partial charge < -0.3 is 9.74 Å². The molecule has 1 aliphatic rings. The van der Waals surface area contributed by atoms with Crippen LogP contribution in [0.15, 0.2) is 50.5 Å². The molecule has 1 aliphatic heterocycles. The van der Waals surface area contributed by atoms with E-state index in [4.69, 9.17) is 4.84 Å². The highest BCUT2D eigenvalue weighted by Crippen LogP contribution is 2.50. The molecule has 0 N–H and O–H groups in total. The Balaban J connectivity index is 1.91. The molecule has 0 saturated heterocycles. The Morgan fingerprint density at radius 1 is 1.22 bits per heavy atom. The molecule has 0 fully saturated rings. The van der Waals surface area contributed by atoms with Crippen LogP contribution in [0.5, 0.6) is 0 Å². The van der Waals surface area contributed by atoms with Crippen molar-refractivity contribution in [3.05, 3.63) is 67.9 Å². The highest BCUT2D eigenvalue weighted by atomic mass is 79.9. The summed E-state index contributed by atoms with van der Waals surface area (Å²) in [7, 11) is 0. The van der Waals surface area contributed by atoms with E-state index in [0.29, 0.717) is 12.1 Å². The van der Waals surface area contributed by atoms with Gasteiger partial charge in [-0.15, -0.1) is 0 Å². The lowest BCUT2D eigenvalue weighted by atomic mass is 9.86. The zero-order valence-corrected chi connectivity index (χ0v) is 20.6. The lowest BCUT2D eigenvalue weighted by molar-refractivity contribution is -0.275. The quantitative estimate of drug-likeness (QED) is 0.287. The van der Waals surface area contributed by atoms with Gasteiger partial charge in [0.1, 0.15) is 0 Å². The fourth-order valence-corrected chi connectivity index (χ4v) is 4.94. The van der Waals surface area contributed by atoms with E-state index in [1.807, 2.05) is 13.8 Å². The SMILES string of the molecule is CCN(C(C)=O)C(C)c1ccc(C2=NOC(c3cc(Br)c(F)c(Br)c3)(C(F)(F)F)C2)cc1. The van der Waals surface area contributed by atoms with E-state index in [-0.39, 0.29) is 32.2 Å². The van der Waals surface area contributed by atoms with Crippen LogP contribution >= 0.6 is 31.9 Å². The van der Waals surface area contributed by atoms with Gasteiger partial charge in [-0.1, -0.05) is 29.4 Å². The van der Waals surface area contributed by atoms with Crippen molar-refractivity contribution in [1.82, 2.24) is 4.90 Å². The van der Waals surface area contributed by atoms with E-state index >= 15 is 0 Å². The Morgan fingerprint density at radius 2 is 1.78 bits per heavy atom. The Labute approximate surface area is 199 Å². The van der Waals surface area contributed by atoms with E-state index in [0.717, 1.165) is 17.7 Å². The predicted molar refractivity (Wildman–Crippen MR) is 120 cm³/mol. The van der Waals surface area contributed by atoms with Crippen molar-refractivity contribution in [3.63, 3.8) is 0 Å². The minimum Gasteiger partial charge on any atom is -0.374 e. The summed E-state index contributed by atoms with van der Waals surface area (Å²) < 4.78 is 56.2. The van der Waals surface area contributed by atoms with Crippen LogP contribution in [-0.2, 0) is 15.2 Å². The number of benzene rings is 2. The second-order valence-corrected chi connectivity index (χ2v) is 9.20. The van der Waals surface area contributed by atoms with Gasteiger partial charge in [0.2, 0.25) is 5.91 Å². The van der Waals surface area contributed by atoms with E-state index in [9.17, 15) is 22.4 Å². The Hall–Kier alpha value is -1.94. The van der Waals surface area contributed by atoms with E-state index in [1.54, 1.807) is 29.2 Å². The Morgan fingerprint density at radius 3 is 2.25 bits per heavy atom. The van der Waals surface area contributed by atoms with Gasteiger partial charge in [0.15, 0.2) is 5.82 Å². The average molecular weight is 580 g/mol. The minimum absolute atomic E-state index is 0.0655. The number of nitrogens with zero attached hydrogens (tertiary/aromatic N) is 2. The molecule has 172 valence electrons. The molecule has 1 amide bonds. The molecular weight excluding hydrogens is 560 g/mol. The van der Waals surface area contributed by atoms with Crippen molar-refractivity contribution in [3.8, 4) is 0 Å². The van der Waals surface area contributed by atoms with Crippen molar-refractivity contribution < 1.29 is 27.2 Å². The van der Waals surface area contributed by atoms with Crippen LogP contribution in [0.4, 0.5) is 17.6 Å². The van der Waals surface area contributed by atoms with Gasteiger partial charge in [-0.25, -0.2) is 4.39 Å². The third kappa shape index (κ3) is 4.44. The van der Waals surface area contributed by atoms with E-state index in [1.165, 1.54) is 6.92 Å². The lowest BCUT2D eigenvalue weighted by Crippen LogP contribution is -2.42. The second-order valence-electron chi connectivity index (χ2n) is 7.49. The summed E-state index contributed by atoms with van der Waals surface area (Å²) in [5, 5.41) is 3.75. The molecular formula is C22H20Br2F4N2O2.